The smallest absolute Gasteiger partial charge is 0.410 e. The molecule has 0 bridgehead atoms. The van der Waals surface area contributed by atoms with Crippen LogP contribution in [0.25, 0.3) is 10.8 Å². The average molecular weight is 460 g/mol. The van der Waals surface area contributed by atoms with Crippen LogP contribution in [0.5, 0.6) is 5.75 Å². The van der Waals surface area contributed by atoms with E-state index in [4.69, 9.17) is 19.3 Å². The van der Waals surface area contributed by atoms with Crippen LogP contribution in [0.4, 0.5) is 4.79 Å². The number of carboxylic acid groups (broad SMARTS) is 1. The van der Waals surface area contributed by atoms with E-state index in [1.807, 2.05) is 50.2 Å². The molecule has 0 unspecified atom stereocenters. The van der Waals surface area contributed by atoms with Gasteiger partial charge in [-0.1, -0.05) is 38.1 Å². The van der Waals surface area contributed by atoms with Gasteiger partial charge in [0, 0.05) is 19.9 Å². The number of carboxylic acids is 1. The summed E-state index contributed by atoms with van der Waals surface area (Å²) in [6.07, 6.45) is -1.24. The van der Waals surface area contributed by atoms with Crippen molar-refractivity contribution < 1.29 is 33.7 Å². The normalized spacial score (nSPS) is 13.8. The Morgan fingerprint density at radius 1 is 0.970 bits per heavy atom. The molecule has 2 aromatic carbocycles. The van der Waals surface area contributed by atoms with E-state index in [2.05, 4.69) is 5.32 Å². The third kappa shape index (κ3) is 8.29. The van der Waals surface area contributed by atoms with Gasteiger partial charge in [-0.2, -0.15) is 0 Å². The van der Waals surface area contributed by atoms with Crippen molar-refractivity contribution in [3.63, 3.8) is 0 Å². The fraction of sp³-hybridized carbons (Fsp3) is 0.480. The lowest BCUT2D eigenvalue weighted by molar-refractivity contribution is -0.166. The number of methoxy groups -OCH3 is 1. The minimum atomic E-state index is -1.09. The molecule has 0 saturated carbocycles. The first kappa shape index (κ1) is 26.0. The van der Waals surface area contributed by atoms with Crippen LogP contribution in [0.2, 0.25) is 0 Å². The molecule has 8 nitrogen and oxygen atoms in total. The maximum atomic E-state index is 12.6. The molecule has 0 saturated heterocycles. The zero-order valence-electron chi connectivity index (χ0n) is 19.8. The molecule has 0 heterocycles. The molecule has 0 aromatic heterocycles. The molecule has 1 amide bonds. The molecule has 2 rings (SSSR count). The summed E-state index contributed by atoms with van der Waals surface area (Å²) in [6.45, 7) is 7.33. The summed E-state index contributed by atoms with van der Waals surface area (Å²) in [5, 5.41) is 13.5. The van der Waals surface area contributed by atoms with Gasteiger partial charge < -0.3 is 24.6 Å². The van der Waals surface area contributed by atoms with E-state index in [0.717, 1.165) is 22.1 Å². The molecular formula is C25H33NO7. The third-order valence-corrected chi connectivity index (χ3v) is 5.28. The van der Waals surface area contributed by atoms with Crippen molar-refractivity contribution in [1.29, 1.82) is 0 Å². The summed E-state index contributed by atoms with van der Waals surface area (Å²) in [5.41, 5.74) is 0.777. The van der Waals surface area contributed by atoms with Crippen molar-refractivity contribution in [2.24, 2.45) is 11.8 Å². The highest BCUT2D eigenvalue weighted by Crippen LogP contribution is 2.26. The van der Waals surface area contributed by atoms with Crippen LogP contribution in [-0.2, 0) is 19.1 Å². The van der Waals surface area contributed by atoms with Gasteiger partial charge in [0.2, 0.25) is 6.29 Å². The number of amides is 1. The number of ether oxygens (including phenoxy) is 3. The number of alkyl carbamates (subject to hydrolysis) is 1. The van der Waals surface area contributed by atoms with E-state index < -0.39 is 30.2 Å². The number of hydrogen-bond acceptors (Lipinski definition) is 6. The molecule has 0 aliphatic rings. The van der Waals surface area contributed by atoms with Crippen LogP contribution in [0.3, 0.4) is 0 Å². The number of rotatable bonds is 11. The number of hydrogen-bond donors (Lipinski definition) is 2. The number of carbonyl (C=O) groups is 3. The molecule has 2 N–H and O–H groups in total. The van der Waals surface area contributed by atoms with E-state index in [-0.39, 0.29) is 18.9 Å². The summed E-state index contributed by atoms with van der Waals surface area (Å²) in [4.78, 5) is 35.6. The van der Waals surface area contributed by atoms with Gasteiger partial charge in [0.05, 0.1) is 13.0 Å². The lowest BCUT2D eigenvalue weighted by atomic mass is 9.94. The Balaban J connectivity index is 1.89. The Hall–Kier alpha value is -3.29. The van der Waals surface area contributed by atoms with Crippen molar-refractivity contribution in [3.05, 3.63) is 42.0 Å². The lowest BCUT2D eigenvalue weighted by Crippen LogP contribution is -2.34. The number of fused-ring (bicyclic) bond motifs is 1. The van der Waals surface area contributed by atoms with E-state index in [9.17, 15) is 14.4 Å². The Morgan fingerprint density at radius 3 is 2.27 bits per heavy atom. The Bertz CT molecular complexity index is 972. The Morgan fingerprint density at radius 2 is 1.64 bits per heavy atom. The van der Waals surface area contributed by atoms with Gasteiger partial charge in [-0.3, -0.25) is 9.59 Å². The number of carbonyl (C=O) groups excluding carboxylic acids is 2. The standard InChI is InChI=1S/C25H33NO7/c1-15(2)10-18(11-23(27)28)14-26-25(30)33-17(4)32-24(29)16(3)19-6-7-21-13-22(31-5)9-8-20(21)12-19/h6-9,12-13,15-18H,10-11,14H2,1-5H3,(H,26,30)(H,27,28)/t16-,17-,18-/m0/s1. The van der Waals surface area contributed by atoms with Gasteiger partial charge in [0.25, 0.3) is 0 Å². The summed E-state index contributed by atoms with van der Waals surface area (Å²) >= 11 is 0. The molecule has 3 atom stereocenters. The zero-order valence-corrected chi connectivity index (χ0v) is 19.8. The zero-order chi connectivity index (χ0) is 24.5. The van der Waals surface area contributed by atoms with E-state index in [1.54, 1.807) is 14.0 Å². The maximum absolute atomic E-state index is 12.6. The topological polar surface area (TPSA) is 111 Å². The molecular weight excluding hydrogens is 426 g/mol. The van der Waals surface area contributed by atoms with Crippen LogP contribution in [0.15, 0.2) is 36.4 Å². The van der Waals surface area contributed by atoms with Crippen LogP contribution < -0.4 is 10.1 Å². The van der Waals surface area contributed by atoms with Gasteiger partial charge in [0.15, 0.2) is 0 Å². The summed E-state index contributed by atoms with van der Waals surface area (Å²) < 4.78 is 15.6. The van der Waals surface area contributed by atoms with Crippen LogP contribution in [0.1, 0.15) is 52.0 Å². The minimum absolute atomic E-state index is 0.0426. The summed E-state index contributed by atoms with van der Waals surface area (Å²) in [7, 11) is 1.61. The minimum Gasteiger partial charge on any atom is -0.497 e. The second-order valence-corrected chi connectivity index (χ2v) is 8.58. The SMILES string of the molecule is COc1ccc2cc([C@H](C)C(=O)O[C@H](C)OC(=O)NC[C@H](CC(=O)O)CC(C)C)ccc2c1. The molecule has 0 fully saturated rings. The van der Waals surface area contributed by atoms with Crippen molar-refractivity contribution in [2.75, 3.05) is 13.7 Å². The Kier molecular flexibility index (Phi) is 9.51. The molecule has 33 heavy (non-hydrogen) atoms. The largest absolute Gasteiger partial charge is 0.497 e. The molecule has 0 spiro atoms. The summed E-state index contributed by atoms with van der Waals surface area (Å²) in [6, 6.07) is 11.4. The molecule has 8 heteroatoms. The molecule has 180 valence electrons. The second-order valence-electron chi connectivity index (χ2n) is 8.58. The van der Waals surface area contributed by atoms with Gasteiger partial charge in [-0.15, -0.1) is 0 Å². The number of benzene rings is 2. The van der Waals surface area contributed by atoms with Gasteiger partial charge >= 0.3 is 18.0 Å². The molecule has 0 radical (unpaired) electrons. The molecule has 2 aromatic rings. The van der Waals surface area contributed by atoms with Gasteiger partial charge in [-0.25, -0.2) is 4.79 Å². The molecule has 0 aliphatic heterocycles. The average Bonchev–Trinajstić information content (AvgIpc) is 2.75. The lowest BCUT2D eigenvalue weighted by Gasteiger charge is -2.20. The highest BCUT2D eigenvalue weighted by molar-refractivity contribution is 5.86. The van der Waals surface area contributed by atoms with Crippen LogP contribution in [-0.4, -0.2) is 43.1 Å². The molecule has 0 aliphatic carbocycles. The van der Waals surface area contributed by atoms with Crippen molar-refractivity contribution >= 4 is 28.8 Å². The van der Waals surface area contributed by atoms with Crippen LogP contribution >= 0.6 is 0 Å². The van der Waals surface area contributed by atoms with E-state index in [1.165, 1.54) is 6.92 Å². The van der Waals surface area contributed by atoms with E-state index in [0.29, 0.717) is 12.3 Å². The number of aliphatic carboxylic acids is 1. The number of nitrogens with one attached hydrogen (secondary N) is 1. The van der Waals surface area contributed by atoms with Crippen molar-refractivity contribution in [2.45, 2.75) is 52.7 Å². The van der Waals surface area contributed by atoms with Crippen molar-refractivity contribution in [1.82, 2.24) is 5.32 Å². The van der Waals surface area contributed by atoms with E-state index >= 15 is 0 Å². The third-order valence-electron chi connectivity index (χ3n) is 5.28. The Labute approximate surface area is 194 Å². The first-order valence-electron chi connectivity index (χ1n) is 11.0. The maximum Gasteiger partial charge on any atom is 0.410 e. The van der Waals surface area contributed by atoms with Gasteiger partial charge in [-0.05, 0) is 53.6 Å². The summed E-state index contributed by atoms with van der Waals surface area (Å²) in [5.74, 6) is -1.15. The first-order chi connectivity index (χ1) is 15.6. The first-order valence-corrected chi connectivity index (χ1v) is 11.0. The second kappa shape index (κ2) is 12.1. The predicted molar refractivity (Wildman–Crippen MR) is 124 cm³/mol. The number of esters is 1. The highest BCUT2D eigenvalue weighted by Gasteiger charge is 2.22. The van der Waals surface area contributed by atoms with Crippen molar-refractivity contribution in [3.8, 4) is 5.75 Å². The highest BCUT2D eigenvalue weighted by atomic mass is 16.7. The monoisotopic (exact) mass is 459 g/mol. The van der Waals surface area contributed by atoms with Crippen LogP contribution in [0, 0.1) is 11.8 Å². The predicted octanol–water partition coefficient (Wildman–Crippen LogP) is 4.70. The fourth-order valence-electron chi connectivity index (χ4n) is 3.64. The quantitative estimate of drug-likeness (QED) is 0.370. The fourth-order valence-corrected chi connectivity index (χ4v) is 3.64. The van der Waals surface area contributed by atoms with Gasteiger partial charge in [0.1, 0.15) is 5.75 Å².